The van der Waals surface area contributed by atoms with Gasteiger partial charge in [0.2, 0.25) is 0 Å². The molecule has 1 heterocycles. The Morgan fingerprint density at radius 2 is 2.05 bits per heavy atom. The molecule has 0 amide bonds. The van der Waals surface area contributed by atoms with Crippen molar-refractivity contribution in [3.05, 3.63) is 51.6 Å². The number of aryl methyl sites for hydroxylation is 2. The lowest BCUT2D eigenvalue weighted by Gasteiger charge is -2.10. The van der Waals surface area contributed by atoms with Crippen LogP contribution in [0.4, 0.5) is 11.5 Å². The number of hydrogen-bond acceptors (Lipinski definition) is 5. The van der Waals surface area contributed by atoms with Crippen LogP contribution in [0.15, 0.2) is 30.3 Å². The average molecular weight is 287 g/mol. The molecule has 1 aromatic heterocycles. The third-order valence-corrected chi connectivity index (χ3v) is 2.93. The predicted molar refractivity (Wildman–Crippen MR) is 81.0 cm³/mol. The Labute approximate surface area is 122 Å². The van der Waals surface area contributed by atoms with Gasteiger partial charge in [-0.05, 0) is 38.5 Å². The quantitative estimate of drug-likeness (QED) is 0.668. The zero-order valence-electron chi connectivity index (χ0n) is 12.2. The highest BCUT2D eigenvalue weighted by Gasteiger charge is 2.19. The van der Waals surface area contributed by atoms with E-state index in [-0.39, 0.29) is 11.6 Å². The highest BCUT2D eigenvalue weighted by molar-refractivity contribution is 5.51. The molecule has 0 aliphatic rings. The second-order valence-electron chi connectivity index (χ2n) is 4.68. The molecular formula is C15H17N3O3. The van der Waals surface area contributed by atoms with Crippen LogP contribution in [0.3, 0.4) is 0 Å². The van der Waals surface area contributed by atoms with Gasteiger partial charge in [-0.2, -0.15) is 4.98 Å². The van der Waals surface area contributed by atoms with E-state index in [0.29, 0.717) is 18.1 Å². The molecule has 6 nitrogen and oxygen atoms in total. The zero-order chi connectivity index (χ0) is 15.4. The van der Waals surface area contributed by atoms with Crippen molar-refractivity contribution in [1.82, 2.24) is 4.98 Å². The van der Waals surface area contributed by atoms with Crippen molar-refractivity contribution in [2.24, 2.45) is 0 Å². The third-order valence-electron chi connectivity index (χ3n) is 2.93. The molecule has 0 unspecified atom stereocenters. The monoisotopic (exact) mass is 287 g/mol. The molecule has 0 atom stereocenters. The van der Waals surface area contributed by atoms with Gasteiger partial charge < -0.3 is 10.1 Å². The van der Waals surface area contributed by atoms with E-state index in [1.54, 1.807) is 12.1 Å². The molecule has 1 N–H and O–H groups in total. The van der Waals surface area contributed by atoms with Gasteiger partial charge in [0, 0.05) is 12.6 Å². The average Bonchev–Trinajstić information content (AvgIpc) is 2.42. The van der Waals surface area contributed by atoms with E-state index >= 15 is 0 Å². The number of aromatic nitrogens is 1. The Hall–Kier alpha value is -2.63. The number of nitro groups is 1. The van der Waals surface area contributed by atoms with E-state index < -0.39 is 4.92 Å². The van der Waals surface area contributed by atoms with Gasteiger partial charge in [0.15, 0.2) is 0 Å². The number of nitrogens with zero attached hydrogens (tertiary/aromatic N) is 2. The van der Waals surface area contributed by atoms with Gasteiger partial charge in [-0.3, -0.25) is 10.1 Å². The molecule has 2 rings (SSSR count). The molecule has 0 saturated heterocycles. The van der Waals surface area contributed by atoms with Gasteiger partial charge in [0.25, 0.3) is 0 Å². The van der Waals surface area contributed by atoms with Crippen molar-refractivity contribution >= 4 is 11.5 Å². The SMILES string of the molecule is CCNc1ccc([N+](=O)[O-])c(Oc2ccc(C)cc2C)n1. The Kier molecular flexibility index (Phi) is 4.37. The molecule has 0 bridgehead atoms. The summed E-state index contributed by atoms with van der Waals surface area (Å²) in [5.41, 5.74) is 1.85. The predicted octanol–water partition coefficient (Wildman–Crippen LogP) is 3.83. The molecule has 21 heavy (non-hydrogen) atoms. The molecule has 0 radical (unpaired) electrons. The van der Waals surface area contributed by atoms with Crippen LogP contribution in [0.2, 0.25) is 0 Å². The highest BCUT2D eigenvalue weighted by atomic mass is 16.6. The zero-order valence-corrected chi connectivity index (χ0v) is 12.2. The molecular weight excluding hydrogens is 270 g/mol. The minimum Gasteiger partial charge on any atom is -0.433 e. The van der Waals surface area contributed by atoms with E-state index in [2.05, 4.69) is 10.3 Å². The first-order valence-corrected chi connectivity index (χ1v) is 6.65. The molecule has 0 aliphatic heterocycles. The topological polar surface area (TPSA) is 77.3 Å². The van der Waals surface area contributed by atoms with Crippen LogP contribution >= 0.6 is 0 Å². The minimum atomic E-state index is -0.498. The molecule has 0 spiro atoms. The van der Waals surface area contributed by atoms with Crippen molar-refractivity contribution in [2.45, 2.75) is 20.8 Å². The lowest BCUT2D eigenvalue weighted by molar-refractivity contribution is -0.386. The summed E-state index contributed by atoms with van der Waals surface area (Å²) in [7, 11) is 0. The van der Waals surface area contributed by atoms with Gasteiger partial charge in [0.05, 0.1) is 4.92 Å². The largest absolute Gasteiger partial charge is 0.433 e. The lowest BCUT2D eigenvalue weighted by Crippen LogP contribution is -2.02. The summed E-state index contributed by atoms with van der Waals surface area (Å²) in [6.07, 6.45) is 0. The van der Waals surface area contributed by atoms with Crippen molar-refractivity contribution in [3.63, 3.8) is 0 Å². The number of ether oxygens (including phenoxy) is 1. The second kappa shape index (κ2) is 6.21. The molecule has 1 aromatic carbocycles. The molecule has 0 saturated carbocycles. The van der Waals surface area contributed by atoms with Crippen LogP contribution in [0.5, 0.6) is 11.6 Å². The maximum absolute atomic E-state index is 11.1. The molecule has 0 aliphatic carbocycles. The summed E-state index contributed by atoms with van der Waals surface area (Å²) in [5, 5.41) is 14.1. The van der Waals surface area contributed by atoms with Crippen LogP contribution in [-0.2, 0) is 0 Å². The lowest BCUT2D eigenvalue weighted by atomic mass is 10.1. The van der Waals surface area contributed by atoms with E-state index in [4.69, 9.17) is 4.74 Å². The first kappa shape index (κ1) is 14.8. The van der Waals surface area contributed by atoms with E-state index in [0.717, 1.165) is 11.1 Å². The van der Waals surface area contributed by atoms with Crippen molar-refractivity contribution in [1.29, 1.82) is 0 Å². The van der Waals surface area contributed by atoms with Crippen LogP contribution < -0.4 is 10.1 Å². The fourth-order valence-electron chi connectivity index (χ4n) is 1.94. The second-order valence-corrected chi connectivity index (χ2v) is 4.68. The smallest absolute Gasteiger partial charge is 0.331 e. The molecule has 110 valence electrons. The van der Waals surface area contributed by atoms with Crippen molar-refractivity contribution < 1.29 is 9.66 Å². The maximum Gasteiger partial charge on any atom is 0.331 e. The summed E-state index contributed by atoms with van der Waals surface area (Å²) in [4.78, 5) is 14.8. The Bertz CT molecular complexity index is 671. The molecule has 6 heteroatoms. The normalized spacial score (nSPS) is 10.2. The first-order valence-electron chi connectivity index (χ1n) is 6.65. The number of benzene rings is 1. The Morgan fingerprint density at radius 1 is 1.29 bits per heavy atom. The van der Waals surface area contributed by atoms with Crippen LogP contribution in [0.25, 0.3) is 0 Å². The minimum absolute atomic E-state index is 0.00889. The summed E-state index contributed by atoms with van der Waals surface area (Å²) in [5.74, 6) is 1.10. The summed E-state index contributed by atoms with van der Waals surface area (Å²) in [6.45, 7) is 6.47. The number of hydrogen-bond donors (Lipinski definition) is 1. The van der Waals surface area contributed by atoms with E-state index in [1.807, 2.05) is 32.9 Å². The number of nitrogens with one attached hydrogen (secondary N) is 1. The van der Waals surface area contributed by atoms with Gasteiger partial charge in [-0.15, -0.1) is 0 Å². The summed E-state index contributed by atoms with van der Waals surface area (Å²) >= 11 is 0. The van der Waals surface area contributed by atoms with Crippen LogP contribution in [-0.4, -0.2) is 16.5 Å². The van der Waals surface area contributed by atoms with E-state index in [9.17, 15) is 10.1 Å². The number of anilines is 1. The fraction of sp³-hybridized carbons (Fsp3) is 0.267. The highest BCUT2D eigenvalue weighted by Crippen LogP contribution is 2.32. The standard InChI is InChI=1S/C15H17N3O3/c1-4-16-14-8-6-12(18(19)20)15(17-14)21-13-7-5-10(2)9-11(13)3/h5-9H,4H2,1-3H3,(H,16,17). The van der Waals surface area contributed by atoms with Crippen molar-refractivity contribution in [3.8, 4) is 11.6 Å². The molecule has 0 fully saturated rings. The van der Waals surface area contributed by atoms with E-state index in [1.165, 1.54) is 6.07 Å². The molecule has 2 aromatic rings. The number of pyridine rings is 1. The number of rotatable bonds is 5. The van der Waals surface area contributed by atoms with Crippen molar-refractivity contribution in [2.75, 3.05) is 11.9 Å². The van der Waals surface area contributed by atoms with Gasteiger partial charge >= 0.3 is 11.6 Å². The third kappa shape index (κ3) is 3.47. The first-order chi connectivity index (χ1) is 10.0. The fourth-order valence-corrected chi connectivity index (χ4v) is 1.94. The van der Waals surface area contributed by atoms with Gasteiger partial charge in [-0.25, -0.2) is 0 Å². The van der Waals surface area contributed by atoms with Crippen LogP contribution in [0, 0.1) is 24.0 Å². The Balaban J connectivity index is 2.40. The summed E-state index contributed by atoms with van der Waals surface area (Å²) < 4.78 is 5.65. The Morgan fingerprint density at radius 3 is 2.67 bits per heavy atom. The van der Waals surface area contributed by atoms with Crippen LogP contribution in [0.1, 0.15) is 18.1 Å². The maximum atomic E-state index is 11.1. The van der Waals surface area contributed by atoms with Gasteiger partial charge in [-0.1, -0.05) is 17.7 Å². The summed E-state index contributed by atoms with van der Waals surface area (Å²) in [6, 6.07) is 8.59. The van der Waals surface area contributed by atoms with Gasteiger partial charge in [0.1, 0.15) is 11.6 Å².